The molecule has 2 aromatic rings. The molecule has 6 heteroatoms. The summed E-state index contributed by atoms with van der Waals surface area (Å²) < 4.78 is 37.7. The molecule has 1 aliphatic heterocycles. The van der Waals surface area contributed by atoms with E-state index in [1.165, 1.54) is 9.71 Å². The number of hydrogen-bond donors (Lipinski definition) is 0. The minimum Gasteiger partial charge on any atom is -0.486 e. The first kappa shape index (κ1) is 17.5. The van der Waals surface area contributed by atoms with Crippen LogP contribution < -0.4 is 9.47 Å². The van der Waals surface area contributed by atoms with Crippen LogP contribution in [0.15, 0.2) is 53.9 Å². The fourth-order valence-electron chi connectivity index (χ4n) is 2.59. The third-order valence-corrected chi connectivity index (χ3v) is 5.50. The Labute approximate surface area is 148 Å². The maximum atomic E-state index is 12.6. The van der Waals surface area contributed by atoms with Crippen LogP contribution in [0.4, 0.5) is 0 Å². The predicted octanol–water partition coefficient (Wildman–Crippen LogP) is 3.28. The van der Waals surface area contributed by atoms with Crippen LogP contribution in [0.2, 0.25) is 0 Å². The standard InChI is InChI=1S/C19H21NO4S/c1-2-20(25(21,22)13-10-16-6-4-3-5-7-16)15-17-8-9-18-19(14-17)24-12-11-23-18/h3-10,13-14H,2,11-12,15H2,1H3/b13-10-. The minimum atomic E-state index is -3.51. The van der Waals surface area contributed by atoms with Gasteiger partial charge >= 0.3 is 0 Å². The van der Waals surface area contributed by atoms with Crippen molar-refractivity contribution in [2.75, 3.05) is 19.8 Å². The summed E-state index contributed by atoms with van der Waals surface area (Å²) in [6.45, 7) is 3.54. The van der Waals surface area contributed by atoms with E-state index in [2.05, 4.69) is 0 Å². The van der Waals surface area contributed by atoms with Crippen molar-refractivity contribution < 1.29 is 17.9 Å². The van der Waals surface area contributed by atoms with Gasteiger partial charge in [0.25, 0.3) is 0 Å². The number of benzene rings is 2. The van der Waals surface area contributed by atoms with Gasteiger partial charge in [0.15, 0.2) is 11.5 Å². The highest BCUT2D eigenvalue weighted by Gasteiger charge is 2.19. The molecule has 0 fully saturated rings. The van der Waals surface area contributed by atoms with E-state index < -0.39 is 10.0 Å². The topological polar surface area (TPSA) is 55.8 Å². The van der Waals surface area contributed by atoms with E-state index >= 15 is 0 Å². The Morgan fingerprint density at radius 3 is 2.48 bits per heavy atom. The van der Waals surface area contributed by atoms with Gasteiger partial charge < -0.3 is 9.47 Å². The molecular formula is C19H21NO4S. The van der Waals surface area contributed by atoms with Crippen LogP contribution in [0.5, 0.6) is 11.5 Å². The lowest BCUT2D eigenvalue weighted by Crippen LogP contribution is -2.28. The summed E-state index contributed by atoms with van der Waals surface area (Å²) in [5.74, 6) is 1.36. The maximum absolute atomic E-state index is 12.6. The average Bonchev–Trinajstić information content (AvgIpc) is 2.65. The Hall–Kier alpha value is -2.31. The normalized spacial score (nSPS) is 14.2. The van der Waals surface area contributed by atoms with Gasteiger partial charge in [-0.3, -0.25) is 0 Å². The van der Waals surface area contributed by atoms with E-state index in [9.17, 15) is 8.42 Å². The first-order valence-corrected chi connectivity index (χ1v) is 9.70. The quantitative estimate of drug-likeness (QED) is 0.794. The molecule has 25 heavy (non-hydrogen) atoms. The van der Waals surface area contributed by atoms with Crippen LogP contribution in [0, 0.1) is 0 Å². The highest BCUT2D eigenvalue weighted by Crippen LogP contribution is 2.31. The van der Waals surface area contributed by atoms with Gasteiger partial charge in [-0.15, -0.1) is 0 Å². The molecule has 132 valence electrons. The molecule has 0 aromatic heterocycles. The summed E-state index contributed by atoms with van der Waals surface area (Å²) in [5, 5.41) is 1.25. The lowest BCUT2D eigenvalue weighted by molar-refractivity contribution is 0.171. The van der Waals surface area contributed by atoms with E-state index in [0.29, 0.717) is 31.3 Å². The Morgan fingerprint density at radius 2 is 1.76 bits per heavy atom. The van der Waals surface area contributed by atoms with E-state index in [1.54, 1.807) is 6.08 Å². The number of hydrogen-bond acceptors (Lipinski definition) is 4. The molecule has 0 atom stereocenters. The third kappa shape index (κ3) is 4.41. The van der Waals surface area contributed by atoms with Crippen LogP contribution in [-0.2, 0) is 16.6 Å². The van der Waals surface area contributed by atoms with Crippen molar-refractivity contribution >= 4 is 16.1 Å². The van der Waals surface area contributed by atoms with Crippen molar-refractivity contribution in [2.24, 2.45) is 0 Å². The van der Waals surface area contributed by atoms with Crippen LogP contribution >= 0.6 is 0 Å². The van der Waals surface area contributed by atoms with Gasteiger partial charge in [-0.25, -0.2) is 8.42 Å². The molecule has 0 N–H and O–H groups in total. The highest BCUT2D eigenvalue weighted by atomic mass is 32.2. The maximum Gasteiger partial charge on any atom is 0.236 e. The Balaban J connectivity index is 1.76. The Bertz CT molecular complexity index is 847. The van der Waals surface area contributed by atoms with Crippen molar-refractivity contribution in [3.63, 3.8) is 0 Å². The second-order valence-corrected chi connectivity index (χ2v) is 7.48. The van der Waals surface area contributed by atoms with Gasteiger partial charge in [0, 0.05) is 18.5 Å². The number of nitrogens with zero attached hydrogens (tertiary/aromatic N) is 1. The van der Waals surface area contributed by atoms with Crippen molar-refractivity contribution in [1.82, 2.24) is 4.31 Å². The fourth-order valence-corrected chi connectivity index (χ4v) is 3.78. The van der Waals surface area contributed by atoms with Crippen LogP contribution in [0.1, 0.15) is 18.1 Å². The minimum absolute atomic E-state index is 0.286. The lowest BCUT2D eigenvalue weighted by atomic mass is 10.2. The summed E-state index contributed by atoms with van der Waals surface area (Å²) in [7, 11) is -3.51. The predicted molar refractivity (Wildman–Crippen MR) is 97.9 cm³/mol. The molecule has 0 spiro atoms. The van der Waals surface area contributed by atoms with E-state index in [1.807, 2.05) is 55.5 Å². The van der Waals surface area contributed by atoms with Gasteiger partial charge in [-0.1, -0.05) is 43.3 Å². The fraction of sp³-hybridized carbons (Fsp3) is 0.263. The Kier molecular flexibility index (Phi) is 5.40. The second kappa shape index (κ2) is 7.72. The zero-order chi connectivity index (χ0) is 17.7. The van der Waals surface area contributed by atoms with Crippen molar-refractivity contribution in [2.45, 2.75) is 13.5 Å². The van der Waals surface area contributed by atoms with Gasteiger partial charge in [0.2, 0.25) is 10.0 Å². The smallest absolute Gasteiger partial charge is 0.236 e. The molecular weight excluding hydrogens is 338 g/mol. The monoisotopic (exact) mass is 359 g/mol. The number of sulfonamides is 1. The van der Waals surface area contributed by atoms with E-state index in [-0.39, 0.29) is 6.54 Å². The summed E-state index contributed by atoms with van der Waals surface area (Å²) >= 11 is 0. The lowest BCUT2D eigenvalue weighted by Gasteiger charge is -2.21. The zero-order valence-electron chi connectivity index (χ0n) is 14.1. The summed E-state index contributed by atoms with van der Waals surface area (Å²) in [4.78, 5) is 0. The molecule has 3 rings (SSSR count). The Morgan fingerprint density at radius 1 is 1.04 bits per heavy atom. The molecule has 1 heterocycles. The number of rotatable bonds is 6. The van der Waals surface area contributed by atoms with Crippen LogP contribution in [0.25, 0.3) is 6.08 Å². The molecule has 0 radical (unpaired) electrons. The molecule has 0 saturated carbocycles. The summed E-state index contributed by atoms with van der Waals surface area (Å²) in [5.41, 5.74) is 1.71. The molecule has 2 aromatic carbocycles. The van der Waals surface area contributed by atoms with Crippen LogP contribution in [0.3, 0.4) is 0 Å². The largest absolute Gasteiger partial charge is 0.486 e. The summed E-state index contributed by atoms with van der Waals surface area (Å²) in [6, 6.07) is 14.9. The van der Waals surface area contributed by atoms with Crippen LogP contribution in [-0.4, -0.2) is 32.5 Å². The molecule has 0 bridgehead atoms. The second-order valence-electron chi connectivity index (χ2n) is 5.66. The molecule has 0 unspecified atom stereocenters. The number of fused-ring (bicyclic) bond motifs is 1. The van der Waals surface area contributed by atoms with Gasteiger partial charge in [-0.05, 0) is 29.3 Å². The van der Waals surface area contributed by atoms with Crippen molar-refractivity contribution in [1.29, 1.82) is 0 Å². The molecule has 1 aliphatic rings. The van der Waals surface area contributed by atoms with Crippen molar-refractivity contribution in [3.05, 3.63) is 65.1 Å². The van der Waals surface area contributed by atoms with E-state index in [4.69, 9.17) is 9.47 Å². The van der Waals surface area contributed by atoms with Gasteiger partial charge in [-0.2, -0.15) is 4.31 Å². The average molecular weight is 359 g/mol. The number of ether oxygens (including phenoxy) is 2. The molecule has 5 nitrogen and oxygen atoms in total. The highest BCUT2D eigenvalue weighted by molar-refractivity contribution is 7.92. The molecule has 0 amide bonds. The third-order valence-electron chi connectivity index (χ3n) is 3.91. The zero-order valence-corrected chi connectivity index (χ0v) is 14.9. The first-order valence-electron chi connectivity index (χ1n) is 8.20. The first-order chi connectivity index (χ1) is 12.1. The summed E-state index contributed by atoms with van der Waals surface area (Å²) in [6.07, 6.45) is 1.61. The molecule has 0 saturated heterocycles. The SMILES string of the molecule is CCN(Cc1ccc2c(c1)OCCO2)S(=O)(=O)/C=C\c1ccccc1. The van der Waals surface area contributed by atoms with Gasteiger partial charge in [0.05, 0.1) is 0 Å². The molecule has 0 aliphatic carbocycles. The van der Waals surface area contributed by atoms with E-state index in [0.717, 1.165) is 11.1 Å². The van der Waals surface area contributed by atoms with Gasteiger partial charge in [0.1, 0.15) is 13.2 Å². The van der Waals surface area contributed by atoms with Crippen molar-refractivity contribution in [3.8, 4) is 11.5 Å².